The van der Waals surface area contributed by atoms with Gasteiger partial charge in [-0.25, -0.2) is 0 Å². The first-order valence-corrected chi connectivity index (χ1v) is 5.29. The molecule has 0 radical (unpaired) electrons. The molecular formula is C10H19NO4. The Balaban J connectivity index is 2.61. The van der Waals surface area contributed by atoms with Crippen LogP contribution in [0.15, 0.2) is 0 Å². The number of aliphatic hydroxyl groups excluding tert-OH is 2. The third-order valence-electron chi connectivity index (χ3n) is 2.91. The van der Waals surface area contributed by atoms with E-state index in [1.54, 1.807) is 0 Å². The molecule has 1 saturated heterocycles. The van der Waals surface area contributed by atoms with Crippen molar-refractivity contribution in [3.05, 3.63) is 0 Å². The van der Waals surface area contributed by atoms with E-state index in [9.17, 15) is 4.79 Å². The maximum absolute atomic E-state index is 12.1. The molecule has 1 rings (SSSR count). The summed E-state index contributed by atoms with van der Waals surface area (Å²) in [4.78, 5) is 13.6. The molecule has 88 valence electrons. The molecule has 15 heavy (non-hydrogen) atoms. The number of carbonyl (C=O) groups is 1. The molecule has 5 heteroatoms. The van der Waals surface area contributed by atoms with Crippen molar-refractivity contribution in [1.82, 2.24) is 4.90 Å². The van der Waals surface area contributed by atoms with Crippen LogP contribution in [-0.2, 0) is 9.53 Å². The molecular weight excluding hydrogens is 198 g/mol. The van der Waals surface area contributed by atoms with Crippen molar-refractivity contribution in [1.29, 1.82) is 0 Å². The Morgan fingerprint density at radius 1 is 1.33 bits per heavy atom. The van der Waals surface area contributed by atoms with E-state index in [4.69, 9.17) is 14.9 Å². The maximum Gasteiger partial charge on any atom is 0.233 e. The molecule has 0 atom stereocenters. The zero-order valence-electron chi connectivity index (χ0n) is 9.11. The third-order valence-corrected chi connectivity index (χ3v) is 2.91. The number of carbonyl (C=O) groups excluding carboxylic acids is 1. The van der Waals surface area contributed by atoms with Crippen molar-refractivity contribution >= 4 is 5.91 Å². The average Bonchev–Trinajstić information content (AvgIpc) is 2.16. The quantitative estimate of drug-likeness (QED) is 0.612. The molecule has 0 aromatic rings. The monoisotopic (exact) mass is 217 g/mol. The Morgan fingerprint density at radius 3 is 2.13 bits per heavy atom. The summed E-state index contributed by atoms with van der Waals surface area (Å²) in [5, 5.41) is 17.7. The van der Waals surface area contributed by atoms with E-state index < -0.39 is 5.41 Å². The van der Waals surface area contributed by atoms with Crippen molar-refractivity contribution in [2.24, 2.45) is 5.41 Å². The zero-order valence-corrected chi connectivity index (χ0v) is 9.11. The summed E-state index contributed by atoms with van der Waals surface area (Å²) in [6.45, 7) is 3.27. The van der Waals surface area contributed by atoms with Crippen molar-refractivity contribution in [3.63, 3.8) is 0 Å². The molecule has 1 fully saturated rings. The maximum atomic E-state index is 12.1. The van der Waals surface area contributed by atoms with Crippen LogP contribution in [0.5, 0.6) is 0 Å². The number of amides is 1. The van der Waals surface area contributed by atoms with Crippen LogP contribution in [0.2, 0.25) is 0 Å². The third kappa shape index (κ3) is 2.48. The van der Waals surface area contributed by atoms with Gasteiger partial charge in [0.25, 0.3) is 0 Å². The Morgan fingerprint density at radius 2 is 1.87 bits per heavy atom. The molecule has 0 aromatic carbocycles. The number of nitrogens with zero attached hydrogens (tertiary/aromatic N) is 1. The second-order valence-electron chi connectivity index (χ2n) is 3.87. The highest BCUT2D eigenvalue weighted by molar-refractivity contribution is 5.83. The Bertz CT molecular complexity index is 204. The molecule has 0 spiro atoms. The van der Waals surface area contributed by atoms with E-state index in [-0.39, 0.29) is 32.2 Å². The van der Waals surface area contributed by atoms with Gasteiger partial charge in [-0.2, -0.15) is 0 Å². The number of ether oxygens (including phenoxy) is 1. The van der Waals surface area contributed by atoms with Crippen molar-refractivity contribution in [3.8, 4) is 0 Å². The smallest absolute Gasteiger partial charge is 0.233 e. The minimum atomic E-state index is -0.412. The molecule has 0 aromatic heterocycles. The Hall–Kier alpha value is -0.650. The lowest BCUT2D eigenvalue weighted by Gasteiger charge is -2.42. The summed E-state index contributed by atoms with van der Waals surface area (Å²) in [7, 11) is 0. The van der Waals surface area contributed by atoms with E-state index in [2.05, 4.69) is 0 Å². The molecule has 5 nitrogen and oxygen atoms in total. The minimum Gasteiger partial charge on any atom is -0.395 e. The van der Waals surface area contributed by atoms with Gasteiger partial charge in [0.1, 0.15) is 0 Å². The fourth-order valence-corrected chi connectivity index (χ4v) is 1.72. The van der Waals surface area contributed by atoms with Gasteiger partial charge in [-0.3, -0.25) is 4.79 Å². The van der Waals surface area contributed by atoms with Crippen LogP contribution in [0, 0.1) is 5.41 Å². The van der Waals surface area contributed by atoms with Crippen LogP contribution in [0.1, 0.15) is 13.3 Å². The highest BCUT2D eigenvalue weighted by Crippen LogP contribution is 2.33. The first-order valence-electron chi connectivity index (χ1n) is 5.29. The predicted molar refractivity (Wildman–Crippen MR) is 54.3 cm³/mol. The van der Waals surface area contributed by atoms with Gasteiger partial charge in [-0.05, 0) is 6.42 Å². The van der Waals surface area contributed by atoms with Gasteiger partial charge in [0.15, 0.2) is 0 Å². The molecule has 1 amide bonds. The molecule has 1 aliphatic rings. The topological polar surface area (TPSA) is 70.0 Å². The lowest BCUT2D eigenvalue weighted by Crippen LogP contribution is -2.55. The summed E-state index contributed by atoms with van der Waals surface area (Å²) in [5.41, 5.74) is -0.412. The Kier molecular flexibility index (Phi) is 4.50. The fourth-order valence-electron chi connectivity index (χ4n) is 1.72. The van der Waals surface area contributed by atoms with Crippen LogP contribution in [-0.4, -0.2) is 60.5 Å². The van der Waals surface area contributed by atoms with Gasteiger partial charge in [0.05, 0.1) is 31.8 Å². The van der Waals surface area contributed by atoms with Gasteiger partial charge in [0.2, 0.25) is 5.91 Å². The van der Waals surface area contributed by atoms with E-state index in [0.717, 1.165) is 6.42 Å². The van der Waals surface area contributed by atoms with Crippen LogP contribution < -0.4 is 0 Å². The first-order chi connectivity index (χ1) is 7.20. The van der Waals surface area contributed by atoms with Crippen LogP contribution in [0.3, 0.4) is 0 Å². The van der Waals surface area contributed by atoms with Crippen LogP contribution in [0.25, 0.3) is 0 Å². The molecule has 0 aliphatic carbocycles. The minimum absolute atomic E-state index is 0.0145. The van der Waals surface area contributed by atoms with Crippen molar-refractivity contribution < 1.29 is 19.7 Å². The highest BCUT2D eigenvalue weighted by Gasteiger charge is 2.46. The molecule has 1 heterocycles. The highest BCUT2D eigenvalue weighted by atomic mass is 16.5. The summed E-state index contributed by atoms with van der Waals surface area (Å²) in [5.74, 6) is -0.0145. The molecule has 0 unspecified atom stereocenters. The molecule has 0 bridgehead atoms. The van der Waals surface area contributed by atoms with Gasteiger partial charge < -0.3 is 19.8 Å². The lowest BCUT2D eigenvalue weighted by atomic mass is 9.81. The van der Waals surface area contributed by atoms with Crippen molar-refractivity contribution in [2.75, 3.05) is 39.5 Å². The van der Waals surface area contributed by atoms with Gasteiger partial charge in [-0.1, -0.05) is 6.92 Å². The van der Waals surface area contributed by atoms with E-state index in [1.807, 2.05) is 6.92 Å². The summed E-state index contributed by atoms with van der Waals surface area (Å²) in [6.07, 6.45) is 0.735. The summed E-state index contributed by atoms with van der Waals surface area (Å²) in [6, 6.07) is 0. The first kappa shape index (κ1) is 12.4. The second-order valence-corrected chi connectivity index (χ2v) is 3.87. The number of aliphatic hydroxyl groups is 2. The van der Waals surface area contributed by atoms with E-state index >= 15 is 0 Å². The van der Waals surface area contributed by atoms with E-state index in [1.165, 1.54) is 4.90 Å². The standard InChI is InChI=1S/C10H19NO4/c1-2-10(7-15-8-10)9(14)11(3-5-12)4-6-13/h12-13H,2-8H2,1H3. The zero-order chi connectivity index (χ0) is 11.3. The summed E-state index contributed by atoms with van der Waals surface area (Å²) < 4.78 is 5.08. The summed E-state index contributed by atoms with van der Waals surface area (Å²) >= 11 is 0. The van der Waals surface area contributed by atoms with Gasteiger partial charge in [0, 0.05) is 13.1 Å². The molecule has 0 saturated carbocycles. The average molecular weight is 217 g/mol. The van der Waals surface area contributed by atoms with Crippen LogP contribution >= 0.6 is 0 Å². The lowest BCUT2D eigenvalue weighted by molar-refractivity contribution is -0.174. The largest absolute Gasteiger partial charge is 0.395 e. The van der Waals surface area contributed by atoms with Gasteiger partial charge >= 0.3 is 0 Å². The predicted octanol–water partition coefficient (Wildman–Crippen LogP) is -0.774. The molecule has 2 N–H and O–H groups in total. The fraction of sp³-hybridized carbons (Fsp3) is 0.900. The van der Waals surface area contributed by atoms with Crippen LogP contribution in [0.4, 0.5) is 0 Å². The van der Waals surface area contributed by atoms with Gasteiger partial charge in [-0.15, -0.1) is 0 Å². The van der Waals surface area contributed by atoms with E-state index in [0.29, 0.717) is 13.2 Å². The number of hydrogen-bond donors (Lipinski definition) is 2. The molecule has 1 aliphatic heterocycles. The number of rotatable bonds is 6. The second kappa shape index (κ2) is 5.44. The van der Waals surface area contributed by atoms with Crippen molar-refractivity contribution in [2.45, 2.75) is 13.3 Å². The SMILES string of the molecule is CCC1(C(=O)N(CCO)CCO)COC1. The number of hydrogen-bond acceptors (Lipinski definition) is 4. The Labute approximate surface area is 89.6 Å². The normalized spacial score (nSPS) is 18.3.